The zero-order valence-corrected chi connectivity index (χ0v) is 12.2. The predicted molar refractivity (Wildman–Crippen MR) is 74.8 cm³/mol. The van der Waals surface area contributed by atoms with Crippen LogP contribution >= 0.6 is 0 Å². The molecule has 1 rings (SSSR count). The van der Waals surface area contributed by atoms with Gasteiger partial charge in [0.15, 0.2) is 0 Å². The summed E-state index contributed by atoms with van der Waals surface area (Å²) in [5.41, 5.74) is 5.68. The monoisotopic (exact) mass is 272 g/mol. The normalized spacial score (nSPS) is 19.9. The van der Waals surface area contributed by atoms with Crippen LogP contribution in [-0.2, 0) is 14.3 Å². The van der Waals surface area contributed by atoms with Gasteiger partial charge in [-0.3, -0.25) is 4.79 Å². The van der Waals surface area contributed by atoms with Crippen LogP contribution in [0.15, 0.2) is 0 Å². The van der Waals surface area contributed by atoms with Gasteiger partial charge in [-0.1, -0.05) is 6.92 Å². The molecule has 0 saturated carbocycles. The number of nitrogens with two attached hydrogens (primary N) is 1. The maximum Gasteiger partial charge on any atom is 0.224 e. The van der Waals surface area contributed by atoms with Crippen LogP contribution in [0.4, 0.5) is 0 Å². The lowest BCUT2D eigenvalue weighted by molar-refractivity contribution is -0.124. The molecule has 1 saturated heterocycles. The minimum atomic E-state index is -0.136. The Morgan fingerprint density at radius 1 is 1.42 bits per heavy atom. The number of hydrogen-bond acceptors (Lipinski definition) is 4. The Kier molecular flexibility index (Phi) is 8.02. The fourth-order valence-corrected chi connectivity index (χ4v) is 1.95. The molecule has 1 fully saturated rings. The van der Waals surface area contributed by atoms with Gasteiger partial charge in [-0.15, -0.1) is 0 Å². The average Bonchev–Trinajstić information content (AvgIpc) is 2.42. The second kappa shape index (κ2) is 9.28. The number of ether oxygens (including phenoxy) is 2. The molecule has 0 radical (unpaired) electrons. The molecule has 3 N–H and O–H groups in total. The summed E-state index contributed by atoms with van der Waals surface area (Å²) in [7, 11) is 0. The third kappa shape index (κ3) is 6.89. The lowest BCUT2D eigenvalue weighted by Gasteiger charge is -2.21. The summed E-state index contributed by atoms with van der Waals surface area (Å²) < 4.78 is 10.9. The molecule has 0 aliphatic carbocycles. The van der Waals surface area contributed by atoms with Crippen molar-refractivity contribution < 1.29 is 14.3 Å². The molecule has 0 bridgehead atoms. The fraction of sp³-hybridized carbons (Fsp3) is 0.929. The molecule has 0 spiro atoms. The van der Waals surface area contributed by atoms with Gasteiger partial charge in [0, 0.05) is 44.9 Å². The molecule has 2 unspecified atom stereocenters. The summed E-state index contributed by atoms with van der Waals surface area (Å²) in [6.07, 6.45) is 3.05. The van der Waals surface area contributed by atoms with E-state index in [9.17, 15) is 4.79 Å². The molecule has 5 heteroatoms. The Labute approximate surface area is 116 Å². The van der Waals surface area contributed by atoms with Gasteiger partial charge in [-0.2, -0.15) is 0 Å². The minimum absolute atomic E-state index is 0.0272. The van der Waals surface area contributed by atoms with E-state index in [1.165, 1.54) is 0 Å². The van der Waals surface area contributed by atoms with Gasteiger partial charge < -0.3 is 20.5 Å². The Balaban J connectivity index is 1.94. The topological polar surface area (TPSA) is 73.6 Å². The third-order valence-corrected chi connectivity index (χ3v) is 3.66. The van der Waals surface area contributed by atoms with Crippen molar-refractivity contribution in [2.24, 2.45) is 17.6 Å². The van der Waals surface area contributed by atoms with Crippen molar-refractivity contribution in [3.63, 3.8) is 0 Å². The van der Waals surface area contributed by atoms with E-state index in [1.54, 1.807) is 0 Å². The van der Waals surface area contributed by atoms with E-state index in [0.717, 1.165) is 39.1 Å². The summed E-state index contributed by atoms with van der Waals surface area (Å²) in [5.74, 6) is 0.532. The van der Waals surface area contributed by atoms with Crippen LogP contribution in [0.5, 0.6) is 0 Å². The number of amides is 1. The molecule has 112 valence electrons. The molecule has 0 aromatic carbocycles. The largest absolute Gasteiger partial charge is 0.381 e. The fourth-order valence-electron chi connectivity index (χ4n) is 1.95. The quantitative estimate of drug-likeness (QED) is 0.644. The van der Waals surface area contributed by atoms with Crippen LogP contribution in [0.3, 0.4) is 0 Å². The standard InChI is InChI=1S/C14H28N2O3/c1-11(12(2)15)14(17)16-6-3-7-19-10-13-4-8-18-9-5-13/h11-13H,3-10,15H2,1-2H3,(H,16,17). The van der Waals surface area contributed by atoms with E-state index in [0.29, 0.717) is 19.1 Å². The zero-order valence-electron chi connectivity index (χ0n) is 12.2. The van der Waals surface area contributed by atoms with Gasteiger partial charge in [0.25, 0.3) is 0 Å². The van der Waals surface area contributed by atoms with Crippen molar-refractivity contribution in [1.82, 2.24) is 5.32 Å². The maximum absolute atomic E-state index is 11.6. The van der Waals surface area contributed by atoms with Gasteiger partial charge in [0.1, 0.15) is 0 Å². The summed E-state index contributed by atoms with van der Waals surface area (Å²) in [6.45, 7) is 7.59. The van der Waals surface area contributed by atoms with Crippen LogP contribution in [0, 0.1) is 11.8 Å². The van der Waals surface area contributed by atoms with E-state index in [1.807, 2.05) is 13.8 Å². The van der Waals surface area contributed by atoms with E-state index >= 15 is 0 Å². The predicted octanol–water partition coefficient (Wildman–Crippen LogP) is 0.919. The summed E-state index contributed by atoms with van der Waals surface area (Å²) in [4.78, 5) is 11.6. The van der Waals surface area contributed by atoms with Gasteiger partial charge in [-0.25, -0.2) is 0 Å². The highest BCUT2D eigenvalue weighted by Gasteiger charge is 2.16. The number of carbonyl (C=O) groups is 1. The second-order valence-corrected chi connectivity index (χ2v) is 5.42. The third-order valence-electron chi connectivity index (χ3n) is 3.66. The van der Waals surface area contributed by atoms with Crippen LogP contribution < -0.4 is 11.1 Å². The lowest BCUT2D eigenvalue weighted by atomic mass is 10.0. The first-order valence-electron chi connectivity index (χ1n) is 7.30. The Bertz CT molecular complexity index is 253. The number of nitrogens with one attached hydrogen (secondary N) is 1. The molecular weight excluding hydrogens is 244 g/mol. The van der Waals surface area contributed by atoms with Crippen LogP contribution in [0.2, 0.25) is 0 Å². The van der Waals surface area contributed by atoms with Gasteiger partial charge in [-0.05, 0) is 32.1 Å². The molecule has 19 heavy (non-hydrogen) atoms. The van der Waals surface area contributed by atoms with E-state index in [4.69, 9.17) is 15.2 Å². The molecule has 1 aliphatic heterocycles. The molecule has 0 aromatic heterocycles. The molecule has 2 atom stereocenters. The highest BCUT2D eigenvalue weighted by Crippen LogP contribution is 2.14. The number of rotatable bonds is 8. The van der Waals surface area contributed by atoms with Crippen molar-refractivity contribution in [3.8, 4) is 0 Å². The summed E-state index contributed by atoms with van der Waals surface area (Å²) in [5, 5.41) is 2.88. The van der Waals surface area contributed by atoms with E-state index in [-0.39, 0.29) is 17.9 Å². The van der Waals surface area contributed by atoms with Crippen molar-refractivity contribution >= 4 is 5.91 Å². The van der Waals surface area contributed by atoms with Crippen molar-refractivity contribution in [2.45, 2.75) is 39.2 Å². The molecular formula is C14H28N2O3. The maximum atomic E-state index is 11.6. The highest BCUT2D eigenvalue weighted by molar-refractivity contribution is 5.78. The van der Waals surface area contributed by atoms with Crippen LogP contribution in [-0.4, -0.2) is 44.9 Å². The molecule has 1 heterocycles. The molecule has 5 nitrogen and oxygen atoms in total. The van der Waals surface area contributed by atoms with Gasteiger partial charge in [0.2, 0.25) is 5.91 Å². The zero-order chi connectivity index (χ0) is 14.1. The first kappa shape index (κ1) is 16.4. The smallest absolute Gasteiger partial charge is 0.224 e. The van der Waals surface area contributed by atoms with E-state index < -0.39 is 0 Å². The number of carbonyl (C=O) groups excluding carboxylic acids is 1. The molecule has 1 amide bonds. The Morgan fingerprint density at radius 2 is 2.11 bits per heavy atom. The van der Waals surface area contributed by atoms with Gasteiger partial charge in [0.05, 0.1) is 0 Å². The Hall–Kier alpha value is -0.650. The van der Waals surface area contributed by atoms with E-state index in [2.05, 4.69) is 5.32 Å². The van der Waals surface area contributed by atoms with Crippen molar-refractivity contribution in [1.29, 1.82) is 0 Å². The van der Waals surface area contributed by atoms with Crippen LogP contribution in [0.1, 0.15) is 33.1 Å². The first-order chi connectivity index (χ1) is 9.11. The minimum Gasteiger partial charge on any atom is -0.381 e. The second-order valence-electron chi connectivity index (χ2n) is 5.42. The highest BCUT2D eigenvalue weighted by atomic mass is 16.5. The average molecular weight is 272 g/mol. The molecule has 1 aliphatic rings. The first-order valence-corrected chi connectivity index (χ1v) is 7.30. The Morgan fingerprint density at radius 3 is 2.74 bits per heavy atom. The van der Waals surface area contributed by atoms with Gasteiger partial charge >= 0.3 is 0 Å². The van der Waals surface area contributed by atoms with Crippen molar-refractivity contribution in [2.75, 3.05) is 33.0 Å². The SMILES string of the molecule is CC(N)C(C)C(=O)NCCCOCC1CCOCC1. The summed E-state index contributed by atoms with van der Waals surface area (Å²) in [6, 6.07) is -0.107. The molecule has 0 aromatic rings. The summed E-state index contributed by atoms with van der Waals surface area (Å²) >= 11 is 0. The number of hydrogen-bond donors (Lipinski definition) is 2. The van der Waals surface area contributed by atoms with Crippen molar-refractivity contribution in [3.05, 3.63) is 0 Å². The lowest BCUT2D eigenvalue weighted by Crippen LogP contribution is -2.39. The van der Waals surface area contributed by atoms with Crippen LogP contribution in [0.25, 0.3) is 0 Å².